The molecular weight excluding hydrogens is 340 g/mol. The van der Waals surface area contributed by atoms with E-state index >= 15 is 0 Å². The lowest BCUT2D eigenvalue weighted by atomic mass is 10.0. The molecule has 0 bridgehead atoms. The largest absolute Gasteiger partial charge is 0.348 e. The number of hydrogen-bond donors (Lipinski definition) is 0. The minimum atomic E-state index is -0.201. The number of hydrogen-bond acceptors (Lipinski definition) is 2. The quantitative estimate of drug-likeness (QED) is 0.645. The Labute approximate surface area is 137 Å². The van der Waals surface area contributed by atoms with Crippen molar-refractivity contribution in [2.45, 2.75) is 25.2 Å². The summed E-state index contributed by atoms with van der Waals surface area (Å²) in [5.41, 5.74) is 3.59. The van der Waals surface area contributed by atoms with Crippen LogP contribution in [0.2, 0.25) is 0 Å². The zero-order valence-electron chi connectivity index (χ0n) is 12.6. The van der Waals surface area contributed by atoms with Gasteiger partial charge in [-0.05, 0) is 25.5 Å². The van der Waals surface area contributed by atoms with Crippen LogP contribution in [0.4, 0.5) is 0 Å². The highest BCUT2D eigenvalue weighted by Gasteiger charge is 2.14. The lowest BCUT2D eigenvalue weighted by Crippen LogP contribution is -2.25. The Kier molecular flexibility index (Phi) is 4.12. The van der Waals surface area contributed by atoms with E-state index in [9.17, 15) is 4.79 Å². The molecule has 3 rings (SSSR count). The number of alkyl halides is 1. The van der Waals surface area contributed by atoms with Crippen LogP contribution in [0.5, 0.6) is 0 Å². The van der Waals surface area contributed by atoms with Crippen LogP contribution in [-0.4, -0.2) is 9.55 Å². The first-order valence-electron chi connectivity index (χ1n) is 7.28. The summed E-state index contributed by atoms with van der Waals surface area (Å²) >= 11 is 3.48. The molecule has 0 unspecified atom stereocenters. The first kappa shape index (κ1) is 15.0. The number of rotatable bonds is 3. The van der Waals surface area contributed by atoms with Crippen molar-refractivity contribution in [3.05, 3.63) is 64.6 Å². The average molecular weight is 357 g/mol. The Morgan fingerprint density at radius 3 is 2.50 bits per heavy atom. The fourth-order valence-electron chi connectivity index (χ4n) is 2.69. The second-order valence-electron chi connectivity index (χ2n) is 5.56. The number of halogens is 1. The van der Waals surface area contributed by atoms with Gasteiger partial charge in [-0.2, -0.15) is 4.98 Å². The second kappa shape index (κ2) is 6.05. The van der Waals surface area contributed by atoms with E-state index in [-0.39, 0.29) is 11.7 Å². The van der Waals surface area contributed by atoms with Gasteiger partial charge >= 0.3 is 5.69 Å². The van der Waals surface area contributed by atoms with Crippen LogP contribution in [0.15, 0.2) is 53.3 Å². The monoisotopic (exact) mass is 356 g/mol. The molecule has 2 aromatic carbocycles. The molecule has 3 nitrogen and oxygen atoms in total. The molecule has 4 heteroatoms. The van der Waals surface area contributed by atoms with Gasteiger partial charge in [0.05, 0.1) is 11.2 Å². The molecule has 0 aliphatic carbocycles. The highest BCUT2D eigenvalue weighted by Crippen LogP contribution is 2.27. The summed E-state index contributed by atoms with van der Waals surface area (Å²) in [6.07, 6.45) is 0. The Morgan fingerprint density at radius 2 is 1.86 bits per heavy atom. The molecule has 0 amide bonds. The van der Waals surface area contributed by atoms with Gasteiger partial charge in [0.2, 0.25) is 0 Å². The minimum Gasteiger partial charge on any atom is -0.289 e. The summed E-state index contributed by atoms with van der Waals surface area (Å²) in [6.45, 7) is 4.01. The molecule has 3 aromatic rings. The smallest absolute Gasteiger partial charge is 0.289 e. The average Bonchev–Trinajstić information content (AvgIpc) is 2.53. The van der Waals surface area contributed by atoms with E-state index in [4.69, 9.17) is 0 Å². The topological polar surface area (TPSA) is 34.9 Å². The van der Waals surface area contributed by atoms with Gasteiger partial charge in [-0.1, -0.05) is 58.4 Å². The first-order valence-corrected chi connectivity index (χ1v) is 8.40. The van der Waals surface area contributed by atoms with E-state index in [0.717, 1.165) is 33.1 Å². The molecule has 1 aromatic heterocycles. The molecular formula is C18H17BrN2O. The Bertz CT molecular complexity index is 869. The standard InChI is InChI=1S/C18H17BrN2O/c1-12(2)21-16-10-13(11-19)8-9-15(16)17(20-18(21)22)14-6-4-3-5-7-14/h3-10,12H,11H2,1-2H3. The predicted octanol–water partition coefficient (Wildman–Crippen LogP) is 4.54. The molecule has 1 heterocycles. The lowest BCUT2D eigenvalue weighted by molar-refractivity contribution is 0.587. The third-order valence-corrected chi connectivity index (χ3v) is 4.36. The molecule has 0 spiro atoms. The van der Waals surface area contributed by atoms with Gasteiger partial charge in [0.25, 0.3) is 0 Å². The molecule has 0 radical (unpaired) electrons. The van der Waals surface area contributed by atoms with Gasteiger partial charge in [-0.25, -0.2) is 4.79 Å². The highest BCUT2D eigenvalue weighted by molar-refractivity contribution is 9.08. The van der Waals surface area contributed by atoms with Gasteiger partial charge in [0.1, 0.15) is 0 Å². The predicted molar refractivity (Wildman–Crippen MR) is 94.5 cm³/mol. The zero-order valence-corrected chi connectivity index (χ0v) is 14.2. The highest BCUT2D eigenvalue weighted by atomic mass is 79.9. The van der Waals surface area contributed by atoms with Gasteiger partial charge in [0, 0.05) is 22.3 Å². The Balaban J connectivity index is 2.41. The molecule has 0 N–H and O–H groups in total. The van der Waals surface area contributed by atoms with Crippen LogP contribution < -0.4 is 5.69 Å². The van der Waals surface area contributed by atoms with Gasteiger partial charge in [0.15, 0.2) is 0 Å². The van der Waals surface area contributed by atoms with E-state index < -0.39 is 0 Å². The van der Waals surface area contributed by atoms with E-state index in [1.165, 1.54) is 0 Å². The van der Waals surface area contributed by atoms with Crippen molar-refractivity contribution in [1.29, 1.82) is 0 Å². The van der Waals surface area contributed by atoms with Gasteiger partial charge in [-0.15, -0.1) is 0 Å². The fourth-order valence-corrected chi connectivity index (χ4v) is 3.04. The summed E-state index contributed by atoms with van der Waals surface area (Å²) in [7, 11) is 0. The molecule has 0 aliphatic heterocycles. The molecule has 0 fully saturated rings. The molecule has 0 saturated carbocycles. The van der Waals surface area contributed by atoms with E-state index in [0.29, 0.717) is 0 Å². The summed E-state index contributed by atoms with van der Waals surface area (Å²) in [6, 6.07) is 16.1. The van der Waals surface area contributed by atoms with Crippen LogP contribution in [0.1, 0.15) is 25.5 Å². The maximum atomic E-state index is 12.5. The Hall–Kier alpha value is -1.94. The molecule has 22 heavy (non-hydrogen) atoms. The van der Waals surface area contributed by atoms with Crippen molar-refractivity contribution in [2.24, 2.45) is 0 Å². The third-order valence-electron chi connectivity index (χ3n) is 3.71. The molecule has 0 saturated heterocycles. The second-order valence-corrected chi connectivity index (χ2v) is 6.12. The van der Waals surface area contributed by atoms with E-state index in [1.54, 1.807) is 4.57 Å². The number of benzene rings is 2. The summed E-state index contributed by atoms with van der Waals surface area (Å²) in [5.74, 6) is 0. The zero-order chi connectivity index (χ0) is 15.7. The van der Waals surface area contributed by atoms with Crippen molar-refractivity contribution < 1.29 is 0 Å². The van der Waals surface area contributed by atoms with E-state index in [1.807, 2.05) is 44.2 Å². The molecule has 112 valence electrons. The number of fused-ring (bicyclic) bond motifs is 1. The van der Waals surface area contributed by atoms with Crippen LogP contribution in [0.3, 0.4) is 0 Å². The fraction of sp³-hybridized carbons (Fsp3) is 0.222. The Morgan fingerprint density at radius 1 is 1.14 bits per heavy atom. The van der Waals surface area contributed by atoms with Crippen molar-refractivity contribution in [1.82, 2.24) is 9.55 Å². The van der Waals surface area contributed by atoms with Crippen molar-refractivity contribution in [2.75, 3.05) is 0 Å². The van der Waals surface area contributed by atoms with Crippen LogP contribution >= 0.6 is 15.9 Å². The first-order chi connectivity index (χ1) is 10.6. The van der Waals surface area contributed by atoms with E-state index in [2.05, 4.69) is 39.1 Å². The summed E-state index contributed by atoms with van der Waals surface area (Å²) < 4.78 is 1.76. The lowest BCUT2D eigenvalue weighted by Gasteiger charge is -2.16. The summed E-state index contributed by atoms with van der Waals surface area (Å²) in [4.78, 5) is 16.9. The maximum absolute atomic E-state index is 12.5. The van der Waals surface area contributed by atoms with Crippen molar-refractivity contribution in [3.63, 3.8) is 0 Å². The number of nitrogens with zero attached hydrogens (tertiary/aromatic N) is 2. The van der Waals surface area contributed by atoms with Gasteiger partial charge < -0.3 is 0 Å². The normalized spacial score (nSPS) is 11.3. The maximum Gasteiger partial charge on any atom is 0.348 e. The van der Waals surface area contributed by atoms with Crippen molar-refractivity contribution >= 4 is 26.8 Å². The van der Waals surface area contributed by atoms with Crippen LogP contribution in [0, 0.1) is 0 Å². The van der Waals surface area contributed by atoms with Crippen LogP contribution in [-0.2, 0) is 5.33 Å². The molecule has 0 atom stereocenters. The van der Waals surface area contributed by atoms with Crippen molar-refractivity contribution in [3.8, 4) is 11.3 Å². The van der Waals surface area contributed by atoms with Gasteiger partial charge in [-0.3, -0.25) is 4.57 Å². The third kappa shape index (κ3) is 2.59. The van der Waals surface area contributed by atoms with Crippen LogP contribution in [0.25, 0.3) is 22.2 Å². The summed E-state index contributed by atoms with van der Waals surface area (Å²) in [5, 5.41) is 1.77. The minimum absolute atomic E-state index is 0.0675. The number of aromatic nitrogens is 2. The SMILES string of the molecule is CC(C)n1c(=O)nc(-c2ccccc2)c2ccc(CBr)cc21. The molecule has 0 aliphatic rings.